The van der Waals surface area contributed by atoms with E-state index in [1.165, 1.54) is 25.3 Å². The lowest BCUT2D eigenvalue weighted by Crippen LogP contribution is -2.05. The molecule has 10 heteroatoms. The van der Waals surface area contributed by atoms with E-state index in [0.29, 0.717) is 33.1 Å². The number of ketones is 1. The summed E-state index contributed by atoms with van der Waals surface area (Å²) >= 11 is 1.01. The van der Waals surface area contributed by atoms with Gasteiger partial charge < -0.3 is 19.3 Å². The van der Waals surface area contributed by atoms with Gasteiger partial charge in [0.1, 0.15) is 23.6 Å². The fraction of sp³-hybridized carbons (Fsp3) is 0.207. The molecule has 0 bridgehead atoms. The van der Waals surface area contributed by atoms with Crippen LogP contribution in [0.25, 0.3) is 6.08 Å². The quantitative estimate of drug-likeness (QED) is 0.198. The van der Waals surface area contributed by atoms with E-state index >= 15 is 0 Å². The summed E-state index contributed by atoms with van der Waals surface area (Å²) in [6.45, 7) is 3.58. The number of hydrogen-bond donors (Lipinski definition) is 1. The summed E-state index contributed by atoms with van der Waals surface area (Å²) in [6.07, 6.45) is 1.19. The van der Waals surface area contributed by atoms with Gasteiger partial charge in [0.05, 0.1) is 30.4 Å². The van der Waals surface area contributed by atoms with Crippen molar-refractivity contribution in [1.82, 2.24) is 0 Å². The van der Waals surface area contributed by atoms with Crippen LogP contribution >= 0.6 is 11.3 Å². The number of nitrogens with zero attached hydrogens (tertiary/aromatic N) is 2. The van der Waals surface area contributed by atoms with Crippen LogP contribution < -0.4 is 9.47 Å². The van der Waals surface area contributed by atoms with E-state index in [1.54, 1.807) is 44.2 Å². The van der Waals surface area contributed by atoms with Crippen molar-refractivity contribution in [3.63, 3.8) is 0 Å². The number of allylic oxidation sites excluding steroid dienone is 1. The van der Waals surface area contributed by atoms with E-state index in [0.717, 1.165) is 11.3 Å². The molecule has 0 aliphatic carbocycles. The number of thiophene rings is 1. The van der Waals surface area contributed by atoms with Crippen molar-refractivity contribution >= 4 is 35.1 Å². The van der Waals surface area contributed by atoms with Gasteiger partial charge in [-0.3, -0.25) is 4.79 Å². The Hall–Kier alpha value is -4.93. The van der Waals surface area contributed by atoms with Gasteiger partial charge in [-0.15, -0.1) is 11.3 Å². The molecule has 0 spiro atoms. The molecule has 1 N–H and O–H groups in total. The molecule has 9 nitrogen and oxygen atoms in total. The van der Waals surface area contributed by atoms with Gasteiger partial charge in [0, 0.05) is 11.3 Å². The van der Waals surface area contributed by atoms with Crippen LogP contribution in [0.5, 0.6) is 11.5 Å². The van der Waals surface area contributed by atoms with Crippen molar-refractivity contribution < 1.29 is 33.7 Å². The molecule has 0 unspecified atom stereocenters. The molecule has 0 amide bonds. The molecular weight excluding hydrogens is 520 g/mol. The summed E-state index contributed by atoms with van der Waals surface area (Å²) < 4.78 is 16.2. The first kappa shape index (κ1) is 28.6. The summed E-state index contributed by atoms with van der Waals surface area (Å²) in [5.74, 6) is -1.37. The van der Waals surface area contributed by atoms with Crippen molar-refractivity contribution in [3.05, 3.63) is 85.6 Å². The van der Waals surface area contributed by atoms with Crippen LogP contribution in [0.4, 0.5) is 0 Å². The molecule has 0 aliphatic heterocycles. The van der Waals surface area contributed by atoms with E-state index in [-0.39, 0.29) is 41.2 Å². The zero-order valence-corrected chi connectivity index (χ0v) is 22.3. The highest BCUT2D eigenvalue weighted by molar-refractivity contribution is 7.14. The SMILES string of the molecule is CCOC(=O)c1sc(CC(=O)/C(C#N)=C/c2ccc(OCc3cccc(C(=O)O)c3)c(OC)c2)c(C#N)c1C. The topological polar surface area (TPSA) is 147 Å². The van der Waals surface area contributed by atoms with Crippen molar-refractivity contribution in [3.8, 4) is 23.6 Å². The third kappa shape index (κ3) is 6.89. The third-order valence-electron chi connectivity index (χ3n) is 5.60. The summed E-state index contributed by atoms with van der Waals surface area (Å²) in [7, 11) is 1.45. The molecule has 0 radical (unpaired) electrons. The first-order chi connectivity index (χ1) is 18.7. The number of rotatable bonds is 11. The lowest BCUT2D eigenvalue weighted by atomic mass is 10.0. The standard InChI is InChI=1S/C29H24N2O7S/c1-4-37-29(35)27-17(2)22(15-31)26(39-27)13-23(32)21(14-30)10-18-8-9-24(25(12-18)36-3)38-16-19-6-5-7-20(11-19)28(33)34/h5-12H,4,13,16H2,1-3H3,(H,33,34)/b21-10+. The second kappa shape index (κ2) is 13.0. The Balaban J connectivity index is 1.80. The number of carboxylic acid groups (broad SMARTS) is 1. The lowest BCUT2D eigenvalue weighted by molar-refractivity contribution is -0.114. The number of carbonyl (C=O) groups excluding carboxylic acids is 2. The molecule has 0 saturated heterocycles. The molecule has 198 valence electrons. The largest absolute Gasteiger partial charge is 0.493 e. The van der Waals surface area contributed by atoms with Crippen molar-refractivity contribution in [2.45, 2.75) is 26.9 Å². The van der Waals surface area contributed by atoms with Crippen molar-refractivity contribution in [2.24, 2.45) is 0 Å². The highest BCUT2D eigenvalue weighted by Gasteiger charge is 2.23. The Bertz CT molecular complexity index is 1540. The second-order valence-corrected chi connectivity index (χ2v) is 9.27. The van der Waals surface area contributed by atoms with Crippen LogP contribution in [0.15, 0.2) is 48.0 Å². The van der Waals surface area contributed by atoms with Crippen LogP contribution in [0.3, 0.4) is 0 Å². The summed E-state index contributed by atoms with van der Waals surface area (Å²) in [4.78, 5) is 37.0. The van der Waals surface area contributed by atoms with Gasteiger partial charge in [-0.1, -0.05) is 18.2 Å². The molecule has 3 rings (SSSR count). The number of benzene rings is 2. The number of nitriles is 2. The Morgan fingerprint density at radius 2 is 1.87 bits per heavy atom. The van der Waals surface area contributed by atoms with E-state index in [2.05, 4.69) is 0 Å². The Kier molecular flexibility index (Phi) is 9.58. The molecule has 2 aromatic carbocycles. The summed E-state index contributed by atoms with van der Waals surface area (Å²) in [6, 6.07) is 15.2. The van der Waals surface area contributed by atoms with E-state index in [1.807, 2.05) is 12.1 Å². The average Bonchev–Trinajstić information content (AvgIpc) is 3.25. The molecule has 0 aliphatic rings. The predicted molar refractivity (Wildman–Crippen MR) is 143 cm³/mol. The average molecular weight is 545 g/mol. The maximum Gasteiger partial charge on any atom is 0.348 e. The molecule has 1 aromatic heterocycles. The van der Waals surface area contributed by atoms with Crippen LogP contribution in [0.1, 0.15) is 54.1 Å². The predicted octanol–water partition coefficient (Wildman–Crippen LogP) is 5.11. The molecule has 1 heterocycles. The number of aromatic carboxylic acids is 1. The Labute approximate surface area is 229 Å². The van der Waals surface area contributed by atoms with Crippen LogP contribution in [-0.2, 0) is 22.6 Å². The number of Topliss-reactive ketones (excluding diaryl/α,β-unsaturated/α-hetero) is 1. The van der Waals surface area contributed by atoms with Gasteiger partial charge in [-0.05, 0) is 60.9 Å². The van der Waals surface area contributed by atoms with Gasteiger partial charge in [0.25, 0.3) is 0 Å². The van der Waals surface area contributed by atoms with E-state index in [4.69, 9.17) is 19.3 Å². The number of esters is 1. The molecule has 0 atom stereocenters. The fourth-order valence-corrected chi connectivity index (χ4v) is 4.81. The zero-order chi connectivity index (χ0) is 28.5. The number of ether oxygens (including phenoxy) is 3. The van der Waals surface area contributed by atoms with Crippen molar-refractivity contribution in [2.75, 3.05) is 13.7 Å². The van der Waals surface area contributed by atoms with Crippen LogP contribution in [-0.4, -0.2) is 36.5 Å². The maximum atomic E-state index is 13.0. The highest BCUT2D eigenvalue weighted by Crippen LogP contribution is 2.31. The van der Waals surface area contributed by atoms with E-state index in [9.17, 15) is 24.9 Å². The Morgan fingerprint density at radius 3 is 2.51 bits per heavy atom. The normalized spacial score (nSPS) is 10.7. The summed E-state index contributed by atoms with van der Waals surface area (Å²) in [5, 5.41) is 28.4. The van der Waals surface area contributed by atoms with Crippen LogP contribution in [0.2, 0.25) is 0 Å². The zero-order valence-electron chi connectivity index (χ0n) is 21.4. The second-order valence-electron chi connectivity index (χ2n) is 8.16. The number of methoxy groups -OCH3 is 1. The monoisotopic (exact) mass is 544 g/mol. The van der Waals surface area contributed by atoms with Gasteiger partial charge in [0.15, 0.2) is 17.3 Å². The molecule has 3 aromatic rings. The molecule has 39 heavy (non-hydrogen) atoms. The van der Waals surface area contributed by atoms with Gasteiger partial charge in [0.2, 0.25) is 0 Å². The van der Waals surface area contributed by atoms with Gasteiger partial charge >= 0.3 is 11.9 Å². The molecule has 0 fully saturated rings. The third-order valence-corrected chi connectivity index (χ3v) is 6.87. The number of carboxylic acids is 1. The van der Waals surface area contributed by atoms with Crippen LogP contribution in [0, 0.1) is 29.6 Å². The number of carbonyl (C=O) groups is 3. The highest BCUT2D eigenvalue weighted by atomic mass is 32.1. The maximum absolute atomic E-state index is 13.0. The summed E-state index contributed by atoms with van der Waals surface area (Å²) in [5.41, 5.74) is 1.85. The lowest BCUT2D eigenvalue weighted by Gasteiger charge is -2.12. The minimum atomic E-state index is -1.04. The Morgan fingerprint density at radius 1 is 1.10 bits per heavy atom. The fourth-order valence-electron chi connectivity index (χ4n) is 3.67. The first-order valence-electron chi connectivity index (χ1n) is 11.7. The smallest absolute Gasteiger partial charge is 0.348 e. The van der Waals surface area contributed by atoms with Gasteiger partial charge in [-0.25, -0.2) is 9.59 Å². The minimum absolute atomic E-state index is 0.101. The molecular formula is C29H24N2O7S. The number of hydrogen-bond acceptors (Lipinski definition) is 9. The van der Waals surface area contributed by atoms with Crippen molar-refractivity contribution in [1.29, 1.82) is 10.5 Å². The molecule has 0 saturated carbocycles. The van der Waals surface area contributed by atoms with E-state index < -0.39 is 17.7 Å². The van der Waals surface area contributed by atoms with Gasteiger partial charge in [-0.2, -0.15) is 10.5 Å². The first-order valence-corrected chi connectivity index (χ1v) is 12.5. The minimum Gasteiger partial charge on any atom is -0.493 e.